The van der Waals surface area contributed by atoms with Gasteiger partial charge in [-0.2, -0.15) is 0 Å². The number of hydrogen-bond acceptors (Lipinski definition) is 8. The van der Waals surface area contributed by atoms with Crippen molar-refractivity contribution in [1.29, 1.82) is 0 Å². The molecule has 2 atom stereocenters. The second kappa shape index (κ2) is 13.3. The largest absolute Gasteiger partial charge is 0.496 e. The van der Waals surface area contributed by atoms with Crippen molar-refractivity contribution in [3.05, 3.63) is 107 Å². The van der Waals surface area contributed by atoms with E-state index in [-0.39, 0.29) is 37.3 Å². The summed E-state index contributed by atoms with van der Waals surface area (Å²) in [6.45, 7) is 1.98. The van der Waals surface area contributed by atoms with Crippen LogP contribution in [0.3, 0.4) is 0 Å². The molecule has 0 radical (unpaired) electrons. The maximum atomic E-state index is 14.8. The summed E-state index contributed by atoms with van der Waals surface area (Å²) in [5.74, 6) is 0.142. The molecule has 0 unspecified atom stereocenters. The average molecular weight is 665 g/mol. The van der Waals surface area contributed by atoms with E-state index in [1.807, 2.05) is 6.07 Å². The number of benzene rings is 4. The number of amides is 3. The Labute approximate surface area is 281 Å². The fraction of sp³-hybridized carbons (Fsp3) is 0.243. The molecule has 1 fully saturated rings. The summed E-state index contributed by atoms with van der Waals surface area (Å²) in [6.07, 6.45) is -0.262. The minimum atomic E-state index is -0.669. The summed E-state index contributed by atoms with van der Waals surface area (Å²) in [5.41, 5.74) is 3.77. The smallest absolute Gasteiger partial charge is 0.258 e. The summed E-state index contributed by atoms with van der Waals surface area (Å²) >= 11 is 0. The quantitative estimate of drug-likeness (QED) is 0.268. The highest BCUT2D eigenvalue weighted by molar-refractivity contribution is 5.98. The van der Waals surface area contributed by atoms with Crippen molar-refractivity contribution in [3.8, 4) is 28.4 Å². The topological polar surface area (TPSA) is 132 Å². The van der Waals surface area contributed by atoms with Crippen LogP contribution in [-0.2, 0) is 11.3 Å². The molecule has 12 heteroatoms. The van der Waals surface area contributed by atoms with E-state index in [1.165, 1.54) is 12.1 Å². The normalized spacial score (nSPS) is 18.1. The number of oxazole rings is 1. The lowest BCUT2D eigenvalue weighted by Crippen LogP contribution is -2.58. The lowest BCUT2D eigenvalue weighted by Gasteiger charge is -2.39. The van der Waals surface area contributed by atoms with Gasteiger partial charge in [0.2, 0.25) is 0 Å². The number of nitrogens with zero attached hydrogens (tertiary/aromatic N) is 2. The number of halogens is 1. The van der Waals surface area contributed by atoms with Crippen molar-refractivity contribution in [2.45, 2.75) is 32.0 Å². The first-order chi connectivity index (χ1) is 23.7. The van der Waals surface area contributed by atoms with Gasteiger partial charge in [-0.1, -0.05) is 12.1 Å². The van der Waals surface area contributed by atoms with Gasteiger partial charge in [-0.05, 0) is 71.8 Å². The molecule has 3 amide bonds. The molecular weight excluding hydrogens is 631 g/mol. The Kier molecular flexibility index (Phi) is 8.60. The first kappa shape index (κ1) is 31.7. The number of rotatable bonds is 2. The SMILES string of the molecule is COc1ccc2cc1-c1cccc(c1)OCC(=O)NCc1cc(F)cc(c1)O[C@@H]1CCN(C(=O)c3ccc4nc(C)oc4c3)C[C@H]1NC2=O. The Hall–Kier alpha value is -5.91. The predicted molar refractivity (Wildman–Crippen MR) is 177 cm³/mol. The van der Waals surface area contributed by atoms with E-state index in [2.05, 4.69) is 15.6 Å². The van der Waals surface area contributed by atoms with Gasteiger partial charge in [0.25, 0.3) is 17.7 Å². The Morgan fingerprint density at radius 2 is 1.88 bits per heavy atom. The number of methoxy groups -OCH3 is 1. The minimum Gasteiger partial charge on any atom is -0.496 e. The third kappa shape index (κ3) is 6.89. The van der Waals surface area contributed by atoms with Crippen LogP contribution in [0.25, 0.3) is 22.2 Å². The van der Waals surface area contributed by atoms with Gasteiger partial charge in [-0.15, -0.1) is 0 Å². The van der Waals surface area contributed by atoms with Gasteiger partial charge in [-0.3, -0.25) is 14.4 Å². The van der Waals surface area contributed by atoms with E-state index < -0.39 is 23.9 Å². The molecule has 0 spiro atoms. The summed E-state index contributed by atoms with van der Waals surface area (Å²) in [6, 6.07) is 20.8. The number of piperidine rings is 1. The monoisotopic (exact) mass is 664 g/mol. The van der Waals surface area contributed by atoms with Crippen LogP contribution < -0.4 is 24.8 Å². The third-order valence-corrected chi connectivity index (χ3v) is 8.58. The highest BCUT2D eigenvalue weighted by Crippen LogP contribution is 2.33. The van der Waals surface area contributed by atoms with Gasteiger partial charge in [0, 0.05) is 55.7 Å². The Morgan fingerprint density at radius 1 is 1.00 bits per heavy atom. The van der Waals surface area contributed by atoms with Crippen LogP contribution in [0.1, 0.15) is 38.6 Å². The number of aryl methyl sites for hydroxylation is 1. The fourth-order valence-electron chi connectivity index (χ4n) is 6.20. The van der Waals surface area contributed by atoms with Gasteiger partial charge in [0.05, 0.1) is 13.2 Å². The number of hydrogen-bond donors (Lipinski definition) is 2. The summed E-state index contributed by atoms with van der Waals surface area (Å²) in [7, 11) is 1.54. The third-order valence-electron chi connectivity index (χ3n) is 8.58. The number of nitrogens with one attached hydrogen (secondary N) is 2. The molecule has 2 aliphatic rings. The van der Waals surface area contributed by atoms with Crippen LogP contribution in [0, 0.1) is 12.7 Å². The van der Waals surface area contributed by atoms with E-state index in [0.29, 0.717) is 69.3 Å². The van der Waals surface area contributed by atoms with Crippen LogP contribution in [0.4, 0.5) is 4.39 Å². The highest BCUT2D eigenvalue weighted by Gasteiger charge is 2.35. The molecule has 6 bridgehead atoms. The summed E-state index contributed by atoms with van der Waals surface area (Å²) < 4.78 is 38.1. The van der Waals surface area contributed by atoms with Gasteiger partial charge in [0.1, 0.15) is 34.7 Å². The van der Waals surface area contributed by atoms with Crippen molar-refractivity contribution < 1.29 is 37.4 Å². The second-order valence-electron chi connectivity index (χ2n) is 12.0. The van der Waals surface area contributed by atoms with E-state index in [9.17, 15) is 18.8 Å². The van der Waals surface area contributed by atoms with E-state index in [0.717, 1.165) is 0 Å². The minimum absolute atomic E-state index is 0.0432. The number of carbonyl (C=O) groups excluding carboxylic acids is 3. The van der Waals surface area contributed by atoms with Gasteiger partial charge < -0.3 is 34.2 Å². The van der Waals surface area contributed by atoms with Crippen LogP contribution in [0.15, 0.2) is 83.3 Å². The molecule has 5 aromatic rings. The van der Waals surface area contributed by atoms with Gasteiger partial charge in [0.15, 0.2) is 18.1 Å². The number of ether oxygens (including phenoxy) is 3. The van der Waals surface area contributed by atoms with Crippen molar-refractivity contribution in [2.24, 2.45) is 0 Å². The number of carbonyl (C=O) groups is 3. The maximum Gasteiger partial charge on any atom is 0.258 e. The van der Waals surface area contributed by atoms with Crippen LogP contribution in [0.5, 0.6) is 17.2 Å². The highest BCUT2D eigenvalue weighted by atomic mass is 19.1. The van der Waals surface area contributed by atoms with Crippen LogP contribution >= 0.6 is 0 Å². The molecule has 4 aromatic carbocycles. The summed E-state index contributed by atoms with van der Waals surface area (Å²) in [4.78, 5) is 46.3. The zero-order valence-corrected chi connectivity index (χ0v) is 26.8. The van der Waals surface area contributed by atoms with Crippen LogP contribution in [0.2, 0.25) is 0 Å². The molecule has 1 saturated heterocycles. The summed E-state index contributed by atoms with van der Waals surface area (Å²) in [5, 5.41) is 5.84. The standard InChI is InChI=1S/C37H33FN4O7/c1-21-40-30-8-6-25(16-34(30)48-21)37(45)42-11-10-33-31(19-42)41-36(44)24-7-9-32(46-2)29(15-24)23-4-3-5-27(14-23)47-20-35(43)39-18-22-12-26(38)17-28(13-22)49-33/h3-9,12-17,31,33H,10-11,18-20H2,1-2H3,(H,39,43)(H,41,44)/t31-,33-/m1/s1. The molecule has 7 rings (SSSR count). The molecule has 3 heterocycles. The first-order valence-electron chi connectivity index (χ1n) is 15.8. The predicted octanol–water partition coefficient (Wildman–Crippen LogP) is 5.05. The molecular formula is C37H33FN4O7. The Balaban J connectivity index is 1.23. The fourth-order valence-corrected chi connectivity index (χ4v) is 6.20. The molecule has 0 saturated carbocycles. The first-order valence-corrected chi connectivity index (χ1v) is 15.8. The van der Waals surface area contributed by atoms with Crippen LogP contribution in [-0.4, -0.2) is 66.6 Å². The second-order valence-corrected chi connectivity index (χ2v) is 12.0. The lowest BCUT2D eigenvalue weighted by atomic mass is 9.98. The number of likely N-dealkylation sites (tertiary alicyclic amines) is 1. The molecule has 250 valence electrons. The Morgan fingerprint density at radius 3 is 2.73 bits per heavy atom. The zero-order valence-electron chi connectivity index (χ0n) is 26.8. The Bertz CT molecular complexity index is 2080. The maximum absolute atomic E-state index is 14.8. The van der Waals surface area contributed by atoms with Crippen molar-refractivity contribution in [1.82, 2.24) is 20.5 Å². The van der Waals surface area contributed by atoms with Crippen molar-refractivity contribution >= 4 is 28.8 Å². The average Bonchev–Trinajstić information content (AvgIpc) is 3.48. The van der Waals surface area contributed by atoms with E-state index in [4.69, 9.17) is 18.6 Å². The number of aromatic nitrogens is 1. The van der Waals surface area contributed by atoms with Crippen molar-refractivity contribution in [3.63, 3.8) is 0 Å². The van der Waals surface area contributed by atoms with E-state index >= 15 is 0 Å². The molecule has 2 N–H and O–H groups in total. The lowest BCUT2D eigenvalue weighted by molar-refractivity contribution is -0.123. The molecule has 0 aliphatic carbocycles. The molecule has 11 nitrogen and oxygen atoms in total. The molecule has 49 heavy (non-hydrogen) atoms. The van der Waals surface area contributed by atoms with E-state index in [1.54, 1.807) is 79.6 Å². The van der Waals surface area contributed by atoms with Crippen molar-refractivity contribution in [2.75, 3.05) is 26.8 Å². The molecule has 1 aromatic heterocycles. The molecule has 2 aliphatic heterocycles. The zero-order chi connectivity index (χ0) is 34.1. The number of fused-ring (bicyclic) bond motifs is 9. The van der Waals surface area contributed by atoms with Gasteiger partial charge >= 0.3 is 0 Å². The van der Waals surface area contributed by atoms with Gasteiger partial charge in [-0.25, -0.2) is 9.37 Å².